The Hall–Kier alpha value is -1.29. The lowest BCUT2D eigenvalue weighted by Gasteiger charge is -2.16. The molecule has 17 heavy (non-hydrogen) atoms. The number of thiophene rings is 1. The lowest BCUT2D eigenvalue weighted by atomic mass is 9.89. The number of hydrogen-bond donors (Lipinski definition) is 1. The highest BCUT2D eigenvalue weighted by atomic mass is 32.1. The van der Waals surface area contributed by atoms with Crippen LogP contribution in [0, 0.1) is 5.41 Å². The predicted octanol–water partition coefficient (Wildman–Crippen LogP) is 3.96. The first-order valence-electron chi connectivity index (χ1n) is 5.75. The second-order valence-electron chi connectivity index (χ2n) is 5.41. The molecule has 3 nitrogen and oxygen atoms in total. The van der Waals surface area contributed by atoms with Crippen LogP contribution >= 0.6 is 11.3 Å². The van der Waals surface area contributed by atoms with Gasteiger partial charge >= 0.3 is 0 Å². The third-order valence-corrected chi connectivity index (χ3v) is 3.56. The van der Waals surface area contributed by atoms with Crippen molar-refractivity contribution in [3.8, 4) is 10.4 Å². The number of aromatic nitrogens is 1. The fraction of sp³-hybridized carbons (Fsp3) is 0.462. The Kier molecular flexibility index (Phi) is 3.24. The molecule has 0 bridgehead atoms. The van der Waals surface area contributed by atoms with Crippen molar-refractivity contribution in [1.29, 1.82) is 0 Å². The summed E-state index contributed by atoms with van der Waals surface area (Å²) in [4.78, 5) is 1.13. The highest BCUT2D eigenvalue weighted by molar-refractivity contribution is 7.13. The molecule has 92 valence electrons. The molecule has 4 heteroatoms. The average molecular weight is 250 g/mol. The first-order chi connectivity index (χ1) is 7.97. The molecule has 0 aliphatic carbocycles. The highest BCUT2D eigenvalue weighted by Gasteiger charge is 2.19. The summed E-state index contributed by atoms with van der Waals surface area (Å²) in [6.45, 7) is 6.67. The lowest BCUT2D eigenvalue weighted by molar-refractivity contribution is 0.367. The number of aryl methyl sites for hydroxylation is 1. The summed E-state index contributed by atoms with van der Waals surface area (Å²) in [6, 6.07) is 4.06. The van der Waals surface area contributed by atoms with Crippen molar-refractivity contribution in [3.05, 3.63) is 23.2 Å². The molecule has 0 aromatic carbocycles. The third-order valence-electron chi connectivity index (χ3n) is 2.67. The van der Waals surface area contributed by atoms with Crippen molar-refractivity contribution in [2.75, 3.05) is 5.73 Å². The summed E-state index contributed by atoms with van der Waals surface area (Å²) in [5, 5.41) is 6.12. The van der Waals surface area contributed by atoms with Gasteiger partial charge in [0.25, 0.3) is 0 Å². The Morgan fingerprint density at radius 1 is 1.41 bits per heavy atom. The molecule has 0 spiro atoms. The van der Waals surface area contributed by atoms with E-state index in [0.717, 1.165) is 29.0 Å². The zero-order chi connectivity index (χ0) is 12.5. The van der Waals surface area contributed by atoms with E-state index in [1.807, 2.05) is 17.5 Å². The molecule has 0 saturated heterocycles. The maximum atomic E-state index is 5.85. The Morgan fingerprint density at radius 2 is 2.18 bits per heavy atom. The van der Waals surface area contributed by atoms with Crippen LogP contribution in [-0.2, 0) is 6.42 Å². The molecule has 0 fully saturated rings. The van der Waals surface area contributed by atoms with E-state index in [2.05, 4.69) is 25.9 Å². The van der Waals surface area contributed by atoms with Crippen LogP contribution in [0.25, 0.3) is 10.4 Å². The Labute approximate surface area is 106 Å². The molecule has 2 rings (SSSR count). The predicted molar refractivity (Wildman–Crippen MR) is 72.0 cm³/mol. The minimum absolute atomic E-state index is 0.292. The summed E-state index contributed by atoms with van der Waals surface area (Å²) in [5.74, 6) is 0.427. The van der Waals surface area contributed by atoms with Gasteiger partial charge in [0.15, 0.2) is 0 Å². The van der Waals surface area contributed by atoms with Gasteiger partial charge in [0.2, 0.25) is 5.88 Å². The molecule has 0 atom stereocenters. The van der Waals surface area contributed by atoms with Crippen LogP contribution in [0.5, 0.6) is 0 Å². The second-order valence-corrected chi connectivity index (χ2v) is 6.35. The molecule has 2 N–H and O–H groups in total. The van der Waals surface area contributed by atoms with Crippen molar-refractivity contribution >= 4 is 17.2 Å². The topological polar surface area (TPSA) is 52.0 Å². The summed E-state index contributed by atoms with van der Waals surface area (Å²) in [7, 11) is 0. The molecule has 0 saturated carbocycles. The maximum Gasteiger partial charge on any atom is 0.231 e. The van der Waals surface area contributed by atoms with E-state index >= 15 is 0 Å². The summed E-state index contributed by atoms with van der Waals surface area (Å²) >= 11 is 1.66. The van der Waals surface area contributed by atoms with Gasteiger partial charge in [0.05, 0.1) is 11.3 Å². The molecular formula is C13H18N2OS. The lowest BCUT2D eigenvalue weighted by Crippen LogP contribution is -2.06. The quantitative estimate of drug-likeness (QED) is 0.897. The van der Waals surface area contributed by atoms with Crippen molar-refractivity contribution in [1.82, 2.24) is 5.16 Å². The van der Waals surface area contributed by atoms with E-state index in [-0.39, 0.29) is 0 Å². The van der Waals surface area contributed by atoms with Gasteiger partial charge < -0.3 is 10.3 Å². The Bertz CT molecular complexity index is 480. The van der Waals surface area contributed by atoms with Gasteiger partial charge in [-0.3, -0.25) is 0 Å². The first-order valence-corrected chi connectivity index (χ1v) is 6.63. The van der Waals surface area contributed by atoms with E-state index in [1.54, 1.807) is 11.3 Å². The van der Waals surface area contributed by atoms with E-state index in [0.29, 0.717) is 11.3 Å². The molecule has 2 aromatic heterocycles. The second kappa shape index (κ2) is 4.53. The maximum absolute atomic E-state index is 5.85. The van der Waals surface area contributed by atoms with E-state index in [1.165, 1.54) is 0 Å². The molecular weight excluding hydrogens is 232 g/mol. The van der Waals surface area contributed by atoms with Gasteiger partial charge in [-0.05, 0) is 29.7 Å². The van der Waals surface area contributed by atoms with Gasteiger partial charge in [0, 0.05) is 4.88 Å². The number of nitrogen functional groups attached to an aromatic ring is 1. The summed E-state index contributed by atoms with van der Waals surface area (Å²) in [5.41, 5.74) is 8.09. The number of anilines is 1. The molecule has 0 aliphatic heterocycles. The first kappa shape index (κ1) is 12.2. The van der Waals surface area contributed by atoms with Crippen molar-refractivity contribution in [2.45, 2.75) is 33.6 Å². The van der Waals surface area contributed by atoms with Crippen LogP contribution in [0.15, 0.2) is 22.0 Å². The van der Waals surface area contributed by atoms with Crippen molar-refractivity contribution in [3.63, 3.8) is 0 Å². The van der Waals surface area contributed by atoms with Crippen LogP contribution in [0.4, 0.5) is 5.88 Å². The Morgan fingerprint density at radius 3 is 2.76 bits per heavy atom. The van der Waals surface area contributed by atoms with Crippen LogP contribution in [0.1, 0.15) is 32.9 Å². The number of rotatable bonds is 3. The van der Waals surface area contributed by atoms with Gasteiger partial charge in [-0.2, -0.15) is 0 Å². The fourth-order valence-corrected chi connectivity index (χ4v) is 2.48. The molecule has 2 heterocycles. The number of nitrogens with zero attached hydrogens (tertiary/aromatic N) is 1. The van der Waals surface area contributed by atoms with Crippen LogP contribution in [-0.4, -0.2) is 5.16 Å². The van der Waals surface area contributed by atoms with Crippen molar-refractivity contribution in [2.24, 2.45) is 5.41 Å². The van der Waals surface area contributed by atoms with Gasteiger partial charge in [0.1, 0.15) is 0 Å². The zero-order valence-corrected chi connectivity index (χ0v) is 11.3. The largest absolute Gasteiger partial charge is 0.367 e. The van der Waals surface area contributed by atoms with Crippen LogP contribution in [0.3, 0.4) is 0 Å². The third kappa shape index (κ3) is 2.88. The monoisotopic (exact) mass is 250 g/mol. The normalized spacial score (nSPS) is 11.9. The standard InChI is InChI=1S/C13H18N2OS/c1-13(2,3)7-6-9-11(12(14)16-15-9)10-5-4-8-17-10/h4-5,8H,6-7,14H2,1-3H3. The van der Waals surface area contributed by atoms with Crippen LogP contribution < -0.4 is 5.73 Å². The smallest absolute Gasteiger partial charge is 0.231 e. The molecule has 0 radical (unpaired) electrons. The van der Waals surface area contributed by atoms with E-state index in [9.17, 15) is 0 Å². The Balaban J connectivity index is 2.24. The summed E-state index contributed by atoms with van der Waals surface area (Å²) < 4.78 is 5.12. The minimum atomic E-state index is 0.292. The van der Waals surface area contributed by atoms with Crippen LogP contribution in [0.2, 0.25) is 0 Å². The average Bonchev–Trinajstić information content (AvgIpc) is 2.82. The highest BCUT2D eigenvalue weighted by Crippen LogP contribution is 2.34. The zero-order valence-electron chi connectivity index (χ0n) is 10.5. The minimum Gasteiger partial charge on any atom is -0.367 e. The fourth-order valence-electron chi connectivity index (χ4n) is 1.69. The van der Waals surface area contributed by atoms with Gasteiger partial charge in [-0.25, -0.2) is 0 Å². The SMILES string of the molecule is CC(C)(C)CCc1noc(N)c1-c1cccs1. The van der Waals surface area contributed by atoms with E-state index < -0.39 is 0 Å². The molecule has 0 amide bonds. The number of hydrogen-bond acceptors (Lipinski definition) is 4. The molecule has 0 unspecified atom stereocenters. The molecule has 0 aliphatic rings. The summed E-state index contributed by atoms with van der Waals surface area (Å²) in [6.07, 6.45) is 1.97. The van der Waals surface area contributed by atoms with Gasteiger partial charge in [-0.15, -0.1) is 11.3 Å². The van der Waals surface area contributed by atoms with E-state index in [4.69, 9.17) is 10.3 Å². The molecule has 2 aromatic rings. The number of nitrogens with two attached hydrogens (primary N) is 1. The van der Waals surface area contributed by atoms with Gasteiger partial charge in [-0.1, -0.05) is 32.0 Å². The van der Waals surface area contributed by atoms with Crippen molar-refractivity contribution < 1.29 is 4.52 Å².